The minimum Gasteiger partial charge on any atom is -0.491 e. The standard InChI is InChI=1S/C26H32N4O3/c1-18(2)32-23-8-4-6-20(14-23)15-27-26(31)22-7-5-13-30(16-22)17-24-28-25(29-33-24)21-11-9-19(3)10-12-21/h4,6,8-12,14,18,22H,5,7,13,15-17H2,1-3H3,(H,27,31). The minimum absolute atomic E-state index is 0.0478. The van der Waals surface area contributed by atoms with Crippen molar-refractivity contribution in [2.75, 3.05) is 13.1 Å². The molecule has 1 unspecified atom stereocenters. The van der Waals surface area contributed by atoms with Crippen molar-refractivity contribution in [3.05, 3.63) is 65.5 Å². The highest BCUT2D eigenvalue weighted by molar-refractivity contribution is 5.79. The predicted octanol–water partition coefficient (Wildman–Crippen LogP) is 4.36. The Morgan fingerprint density at radius 3 is 2.85 bits per heavy atom. The smallest absolute Gasteiger partial charge is 0.241 e. The van der Waals surface area contributed by atoms with Crippen molar-refractivity contribution in [2.24, 2.45) is 5.92 Å². The van der Waals surface area contributed by atoms with E-state index in [9.17, 15) is 4.79 Å². The van der Waals surface area contributed by atoms with Gasteiger partial charge in [-0.15, -0.1) is 0 Å². The molecule has 1 aliphatic heterocycles. The molecule has 2 heterocycles. The van der Waals surface area contributed by atoms with Crippen molar-refractivity contribution >= 4 is 5.91 Å². The molecule has 1 saturated heterocycles. The van der Waals surface area contributed by atoms with Crippen molar-refractivity contribution in [3.8, 4) is 17.1 Å². The van der Waals surface area contributed by atoms with Crippen LogP contribution in [0.5, 0.6) is 5.75 Å². The van der Waals surface area contributed by atoms with Crippen LogP contribution in [0.1, 0.15) is 43.7 Å². The average molecular weight is 449 g/mol. The van der Waals surface area contributed by atoms with Gasteiger partial charge in [-0.1, -0.05) is 47.1 Å². The van der Waals surface area contributed by atoms with E-state index in [4.69, 9.17) is 9.26 Å². The number of nitrogens with zero attached hydrogens (tertiary/aromatic N) is 3. The summed E-state index contributed by atoms with van der Waals surface area (Å²) in [4.78, 5) is 19.6. The molecule has 0 aliphatic carbocycles. The molecule has 1 N–H and O–H groups in total. The van der Waals surface area contributed by atoms with Crippen molar-refractivity contribution in [1.82, 2.24) is 20.4 Å². The van der Waals surface area contributed by atoms with Crippen LogP contribution in [-0.2, 0) is 17.9 Å². The van der Waals surface area contributed by atoms with Gasteiger partial charge in [0.25, 0.3) is 0 Å². The average Bonchev–Trinajstić information content (AvgIpc) is 3.26. The van der Waals surface area contributed by atoms with E-state index in [0.29, 0.717) is 31.3 Å². The van der Waals surface area contributed by atoms with Gasteiger partial charge in [0.1, 0.15) is 5.75 Å². The number of piperidine rings is 1. The summed E-state index contributed by atoms with van der Waals surface area (Å²) in [5.41, 5.74) is 3.16. The molecule has 0 bridgehead atoms. The monoisotopic (exact) mass is 448 g/mol. The Morgan fingerprint density at radius 2 is 2.06 bits per heavy atom. The van der Waals surface area contributed by atoms with E-state index < -0.39 is 0 Å². The number of hydrogen-bond donors (Lipinski definition) is 1. The first-order chi connectivity index (χ1) is 16.0. The molecule has 174 valence electrons. The lowest BCUT2D eigenvalue weighted by molar-refractivity contribution is -0.127. The summed E-state index contributed by atoms with van der Waals surface area (Å²) >= 11 is 0. The lowest BCUT2D eigenvalue weighted by atomic mass is 9.97. The highest BCUT2D eigenvalue weighted by Crippen LogP contribution is 2.21. The zero-order valence-corrected chi connectivity index (χ0v) is 19.6. The summed E-state index contributed by atoms with van der Waals surface area (Å²) in [7, 11) is 0. The van der Waals surface area contributed by atoms with E-state index in [1.54, 1.807) is 0 Å². The van der Waals surface area contributed by atoms with E-state index in [-0.39, 0.29) is 17.9 Å². The van der Waals surface area contributed by atoms with Gasteiger partial charge in [-0.05, 0) is 57.9 Å². The lowest BCUT2D eigenvalue weighted by Gasteiger charge is -2.30. The summed E-state index contributed by atoms with van der Waals surface area (Å²) in [5.74, 6) is 2.04. The Labute approximate surface area is 195 Å². The number of benzene rings is 2. The number of likely N-dealkylation sites (tertiary alicyclic amines) is 1. The fourth-order valence-electron chi connectivity index (χ4n) is 4.08. The maximum atomic E-state index is 12.8. The molecule has 7 nitrogen and oxygen atoms in total. The van der Waals surface area contributed by atoms with Gasteiger partial charge in [0.15, 0.2) is 0 Å². The Bertz CT molecular complexity index is 1060. The van der Waals surface area contributed by atoms with Crippen LogP contribution in [0.15, 0.2) is 53.1 Å². The van der Waals surface area contributed by atoms with Gasteiger partial charge >= 0.3 is 0 Å². The maximum Gasteiger partial charge on any atom is 0.241 e. The highest BCUT2D eigenvalue weighted by Gasteiger charge is 2.26. The number of amides is 1. The number of hydrogen-bond acceptors (Lipinski definition) is 6. The summed E-state index contributed by atoms with van der Waals surface area (Å²) in [6.07, 6.45) is 1.97. The topological polar surface area (TPSA) is 80.5 Å². The molecule has 4 rings (SSSR count). The van der Waals surface area contributed by atoms with E-state index in [1.165, 1.54) is 5.56 Å². The van der Waals surface area contributed by atoms with Gasteiger partial charge in [0.2, 0.25) is 17.6 Å². The van der Waals surface area contributed by atoms with Gasteiger partial charge in [-0.3, -0.25) is 9.69 Å². The van der Waals surface area contributed by atoms with Gasteiger partial charge in [0, 0.05) is 18.7 Å². The summed E-state index contributed by atoms with van der Waals surface area (Å²) in [5, 5.41) is 7.21. The van der Waals surface area contributed by atoms with Crippen molar-refractivity contribution < 1.29 is 14.1 Å². The molecule has 33 heavy (non-hydrogen) atoms. The molecule has 1 fully saturated rings. The molecular weight excluding hydrogens is 416 g/mol. The van der Waals surface area contributed by atoms with E-state index in [0.717, 1.165) is 36.3 Å². The second kappa shape index (κ2) is 10.6. The van der Waals surface area contributed by atoms with Crippen molar-refractivity contribution in [1.29, 1.82) is 0 Å². The first-order valence-electron chi connectivity index (χ1n) is 11.6. The summed E-state index contributed by atoms with van der Waals surface area (Å²) < 4.78 is 11.2. The first-order valence-corrected chi connectivity index (χ1v) is 11.6. The molecule has 0 radical (unpaired) electrons. The van der Waals surface area contributed by atoms with Crippen LogP contribution in [0.3, 0.4) is 0 Å². The SMILES string of the molecule is Cc1ccc(-c2noc(CN3CCCC(C(=O)NCc4cccc(OC(C)C)c4)C3)n2)cc1. The first kappa shape index (κ1) is 23.0. The normalized spacial score (nSPS) is 16.7. The second-order valence-corrected chi connectivity index (χ2v) is 8.98. The maximum absolute atomic E-state index is 12.8. The number of nitrogens with one attached hydrogen (secondary N) is 1. The Kier molecular flexibility index (Phi) is 7.40. The Hall–Kier alpha value is -3.19. The fourth-order valence-corrected chi connectivity index (χ4v) is 4.08. The minimum atomic E-state index is -0.0478. The number of aromatic nitrogens is 2. The van der Waals surface area contributed by atoms with Crippen LogP contribution in [0.4, 0.5) is 0 Å². The van der Waals surface area contributed by atoms with Crippen LogP contribution in [0.25, 0.3) is 11.4 Å². The fraction of sp³-hybridized carbons (Fsp3) is 0.423. The molecule has 1 aromatic heterocycles. The zero-order chi connectivity index (χ0) is 23.2. The van der Waals surface area contributed by atoms with Crippen LogP contribution in [0, 0.1) is 12.8 Å². The molecule has 0 saturated carbocycles. The molecule has 3 aromatic rings. The van der Waals surface area contributed by atoms with Gasteiger partial charge < -0.3 is 14.6 Å². The molecule has 1 amide bonds. The predicted molar refractivity (Wildman–Crippen MR) is 127 cm³/mol. The van der Waals surface area contributed by atoms with Gasteiger partial charge in [0.05, 0.1) is 18.6 Å². The van der Waals surface area contributed by atoms with Crippen LogP contribution in [-0.4, -0.2) is 40.1 Å². The molecule has 2 aromatic carbocycles. The van der Waals surface area contributed by atoms with Crippen LogP contribution >= 0.6 is 0 Å². The number of aryl methyl sites for hydroxylation is 1. The summed E-state index contributed by atoms with van der Waals surface area (Å²) in [6.45, 7) is 8.70. The molecule has 0 spiro atoms. The van der Waals surface area contributed by atoms with Crippen LogP contribution in [0.2, 0.25) is 0 Å². The molecular formula is C26H32N4O3. The number of carbonyl (C=O) groups excluding carboxylic acids is 1. The largest absolute Gasteiger partial charge is 0.491 e. The van der Waals surface area contributed by atoms with E-state index in [2.05, 4.69) is 20.4 Å². The van der Waals surface area contributed by atoms with E-state index >= 15 is 0 Å². The third-order valence-electron chi connectivity index (χ3n) is 5.75. The zero-order valence-electron chi connectivity index (χ0n) is 19.6. The van der Waals surface area contributed by atoms with E-state index in [1.807, 2.05) is 69.3 Å². The van der Waals surface area contributed by atoms with Crippen LogP contribution < -0.4 is 10.1 Å². The van der Waals surface area contributed by atoms with Crippen molar-refractivity contribution in [3.63, 3.8) is 0 Å². The Balaban J connectivity index is 1.29. The second-order valence-electron chi connectivity index (χ2n) is 8.98. The van der Waals surface area contributed by atoms with Gasteiger partial charge in [-0.25, -0.2) is 0 Å². The molecule has 7 heteroatoms. The molecule has 1 atom stereocenters. The third kappa shape index (κ3) is 6.42. The molecule has 1 aliphatic rings. The third-order valence-corrected chi connectivity index (χ3v) is 5.75. The number of ether oxygens (including phenoxy) is 1. The number of carbonyl (C=O) groups is 1. The highest BCUT2D eigenvalue weighted by atomic mass is 16.5. The summed E-state index contributed by atoms with van der Waals surface area (Å²) in [6, 6.07) is 15.9. The Morgan fingerprint density at radius 1 is 1.24 bits per heavy atom. The van der Waals surface area contributed by atoms with Crippen molar-refractivity contribution in [2.45, 2.75) is 52.8 Å². The quantitative estimate of drug-likeness (QED) is 0.552. The number of rotatable bonds is 8. The lowest BCUT2D eigenvalue weighted by Crippen LogP contribution is -2.42. The van der Waals surface area contributed by atoms with Gasteiger partial charge in [-0.2, -0.15) is 4.98 Å².